The van der Waals surface area contributed by atoms with Crippen LogP contribution in [-0.4, -0.2) is 69.4 Å². The number of methoxy groups -OCH3 is 2. The van der Waals surface area contributed by atoms with E-state index in [2.05, 4.69) is 32.6 Å². The number of non-ortho nitro benzene ring substituents is 1. The standard InChI is InChI=1S/C28H33N5O6/c1-37-25-9-7-23(8-10-25)32-14-12-31(13-15-32)16-17-39-26-11-6-21(18-27(26)38-2)20-29-28(34)30-22-4-3-5-24(19-22)33(35)36/h3-11,18-19H,12-17,20H2,1-2H3,(H2,29,30,34). The van der Waals surface area contributed by atoms with Crippen molar-refractivity contribution >= 4 is 23.1 Å². The summed E-state index contributed by atoms with van der Waals surface area (Å²) >= 11 is 0. The molecule has 0 saturated carbocycles. The molecule has 1 fully saturated rings. The Hall–Kier alpha value is -4.51. The van der Waals surface area contributed by atoms with Crippen LogP contribution in [0, 0.1) is 10.1 Å². The first-order chi connectivity index (χ1) is 18.9. The van der Waals surface area contributed by atoms with Gasteiger partial charge in [-0.25, -0.2) is 4.79 Å². The first-order valence-corrected chi connectivity index (χ1v) is 12.7. The summed E-state index contributed by atoms with van der Waals surface area (Å²) in [5.41, 5.74) is 2.27. The number of hydrogen-bond donors (Lipinski definition) is 2. The molecular weight excluding hydrogens is 502 g/mol. The maximum atomic E-state index is 12.2. The van der Waals surface area contributed by atoms with Crippen LogP contribution in [0.4, 0.5) is 21.9 Å². The summed E-state index contributed by atoms with van der Waals surface area (Å²) in [5.74, 6) is 2.08. The molecule has 3 aromatic rings. The minimum atomic E-state index is -0.511. The zero-order valence-electron chi connectivity index (χ0n) is 22.1. The van der Waals surface area contributed by atoms with Gasteiger partial charge < -0.3 is 29.7 Å². The van der Waals surface area contributed by atoms with E-state index in [-0.39, 0.29) is 12.2 Å². The van der Waals surface area contributed by atoms with E-state index in [1.54, 1.807) is 20.3 Å². The lowest BCUT2D eigenvalue weighted by Gasteiger charge is -2.36. The summed E-state index contributed by atoms with van der Waals surface area (Å²) < 4.78 is 16.8. The van der Waals surface area contributed by atoms with E-state index < -0.39 is 11.0 Å². The normalized spacial score (nSPS) is 13.4. The fourth-order valence-electron chi connectivity index (χ4n) is 4.30. The molecule has 1 heterocycles. The number of carbonyl (C=O) groups excluding carboxylic acids is 1. The Bertz CT molecular complexity index is 1260. The number of carbonyl (C=O) groups is 1. The number of ether oxygens (including phenoxy) is 3. The van der Waals surface area contributed by atoms with Gasteiger partial charge in [0.05, 0.1) is 19.1 Å². The maximum Gasteiger partial charge on any atom is 0.319 e. The van der Waals surface area contributed by atoms with Crippen LogP contribution in [0.3, 0.4) is 0 Å². The van der Waals surface area contributed by atoms with Gasteiger partial charge in [0.25, 0.3) is 5.69 Å². The topological polar surface area (TPSA) is 118 Å². The molecule has 0 radical (unpaired) electrons. The van der Waals surface area contributed by atoms with Crippen molar-refractivity contribution in [1.82, 2.24) is 10.2 Å². The van der Waals surface area contributed by atoms with Crippen molar-refractivity contribution in [2.24, 2.45) is 0 Å². The van der Waals surface area contributed by atoms with Gasteiger partial charge in [0.15, 0.2) is 11.5 Å². The Morgan fingerprint density at radius 2 is 1.72 bits per heavy atom. The molecule has 0 aliphatic carbocycles. The average molecular weight is 536 g/mol. The first kappa shape index (κ1) is 27.5. The summed E-state index contributed by atoms with van der Waals surface area (Å²) in [4.78, 5) is 27.4. The Morgan fingerprint density at radius 3 is 2.41 bits per heavy atom. The van der Waals surface area contributed by atoms with Crippen molar-refractivity contribution < 1.29 is 23.9 Å². The fraction of sp³-hybridized carbons (Fsp3) is 0.321. The predicted molar refractivity (Wildman–Crippen MR) is 149 cm³/mol. The van der Waals surface area contributed by atoms with Crippen molar-refractivity contribution in [3.05, 3.63) is 82.4 Å². The van der Waals surface area contributed by atoms with Crippen molar-refractivity contribution in [2.45, 2.75) is 6.54 Å². The molecule has 2 N–H and O–H groups in total. The fourth-order valence-corrected chi connectivity index (χ4v) is 4.30. The van der Waals surface area contributed by atoms with Crippen molar-refractivity contribution in [3.63, 3.8) is 0 Å². The van der Waals surface area contributed by atoms with Crippen LogP contribution < -0.4 is 29.7 Å². The van der Waals surface area contributed by atoms with E-state index in [0.717, 1.165) is 44.0 Å². The number of rotatable bonds is 11. The molecule has 1 aliphatic heterocycles. The minimum Gasteiger partial charge on any atom is -0.497 e. The number of nitro groups is 1. The van der Waals surface area contributed by atoms with Crippen molar-refractivity contribution in [2.75, 3.05) is 63.8 Å². The molecule has 11 nitrogen and oxygen atoms in total. The van der Waals surface area contributed by atoms with Crippen LogP contribution in [0.15, 0.2) is 66.7 Å². The molecule has 39 heavy (non-hydrogen) atoms. The lowest BCUT2D eigenvalue weighted by atomic mass is 10.2. The summed E-state index contributed by atoms with van der Waals surface area (Å²) in [6.45, 7) is 5.39. The molecule has 2 amide bonds. The molecule has 0 unspecified atom stereocenters. The van der Waals surface area contributed by atoms with Crippen LogP contribution in [0.2, 0.25) is 0 Å². The third-order valence-electron chi connectivity index (χ3n) is 6.47. The highest BCUT2D eigenvalue weighted by molar-refractivity contribution is 5.89. The van der Waals surface area contributed by atoms with Crippen LogP contribution >= 0.6 is 0 Å². The number of nitrogens with one attached hydrogen (secondary N) is 2. The monoisotopic (exact) mass is 535 g/mol. The maximum absolute atomic E-state index is 12.2. The summed E-state index contributed by atoms with van der Waals surface area (Å²) in [6.07, 6.45) is 0. The number of nitro benzene ring substituents is 1. The summed E-state index contributed by atoms with van der Waals surface area (Å²) in [5, 5.41) is 16.3. The second-order valence-electron chi connectivity index (χ2n) is 8.98. The number of urea groups is 1. The van der Waals surface area contributed by atoms with Crippen LogP contribution in [0.25, 0.3) is 0 Å². The van der Waals surface area contributed by atoms with Gasteiger partial charge in [0.2, 0.25) is 0 Å². The zero-order chi connectivity index (χ0) is 27.6. The Morgan fingerprint density at radius 1 is 0.949 bits per heavy atom. The molecular formula is C28H33N5O6. The molecule has 0 spiro atoms. The number of amides is 2. The van der Waals surface area contributed by atoms with E-state index >= 15 is 0 Å². The molecule has 4 rings (SSSR count). The number of piperazine rings is 1. The number of hydrogen-bond acceptors (Lipinski definition) is 8. The number of nitrogens with zero attached hydrogens (tertiary/aromatic N) is 3. The van der Waals surface area contributed by atoms with Crippen molar-refractivity contribution in [1.29, 1.82) is 0 Å². The van der Waals surface area contributed by atoms with Gasteiger partial charge >= 0.3 is 6.03 Å². The van der Waals surface area contributed by atoms with Crippen LogP contribution in [0.1, 0.15) is 5.56 Å². The van der Waals surface area contributed by atoms with E-state index in [1.165, 1.54) is 23.9 Å². The SMILES string of the molecule is COc1ccc(N2CCN(CCOc3ccc(CNC(=O)Nc4cccc([N+](=O)[O-])c4)cc3OC)CC2)cc1. The molecule has 3 aromatic carbocycles. The third-order valence-corrected chi connectivity index (χ3v) is 6.47. The summed E-state index contributed by atoms with van der Waals surface area (Å²) in [6, 6.07) is 19.0. The highest BCUT2D eigenvalue weighted by atomic mass is 16.6. The first-order valence-electron chi connectivity index (χ1n) is 12.7. The smallest absolute Gasteiger partial charge is 0.319 e. The lowest BCUT2D eigenvalue weighted by Crippen LogP contribution is -2.47. The zero-order valence-corrected chi connectivity index (χ0v) is 22.1. The second-order valence-corrected chi connectivity index (χ2v) is 8.98. The van der Waals surface area contributed by atoms with E-state index in [4.69, 9.17) is 14.2 Å². The van der Waals surface area contributed by atoms with Gasteiger partial charge in [-0.05, 0) is 48.0 Å². The lowest BCUT2D eigenvalue weighted by molar-refractivity contribution is -0.384. The minimum absolute atomic E-state index is 0.0936. The van der Waals surface area contributed by atoms with Crippen molar-refractivity contribution in [3.8, 4) is 17.2 Å². The summed E-state index contributed by atoms with van der Waals surface area (Å²) in [7, 11) is 3.25. The molecule has 1 saturated heterocycles. The molecule has 0 aromatic heterocycles. The van der Waals surface area contributed by atoms with Gasteiger partial charge in [0, 0.05) is 62.8 Å². The number of benzene rings is 3. The second kappa shape index (κ2) is 13.3. The third kappa shape index (κ3) is 7.74. The van der Waals surface area contributed by atoms with E-state index in [1.807, 2.05) is 30.3 Å². The molecule has 0 bridgehead atoms. The predicted octanol–water partition coefficient (Wildman–Crippen LogP) is 4.13. The largest absolute Gasteiger partial charge is 0.497 e. The highest BCUT2D eigenvalue weighted by Crippen LogP contribution is 2.28. The molecule has 1 aliphatic rings. The molecule has 0 atom stereocenters. The van der Waals surface area contributed by atoms with E-state index in [9.17, 15) is 14.9 Å². The van der Waals surface area contributed by atoms with Gasteiger partial charge in [-0.2, -0.15) is 0 Å². The Kier molecular flexibility index (Phi) is 9.41. The Balaban J connectivity index is 1.20. The van der Waals surface area contributed by atoms with Crippen LogP contribution in [-0.2, 0) is 6.54 Å². The molecule has 11 heteroatoms. The van der Waals surface area contributed by atoms with Gasteiger partial charge in [0.1, 0.15) is 12.4 Å². The van der Waals surface area contributed by atoms with Gasteiger partial charge in [-0.15, -0.1) is 0 Å². The number of anilines is 2. The average Bonchev–Trinajstić information content (AvgIpc) is 2.97. The quantitative estimate of drug-likeness (QED) is 0.278. The molecule has 206 valence electrons. The highest BCUT2D eigenvalue weighted by Gasteiger charge is 2.17. The Labute approximate surface area is 227 Å². The van der Waals surface area contributed by atoms with Crippen LogP contribution in [0.5, 0.6) is 17.2 Å². The van der Waals surface area contributed by atoms with Gasteiger partial charge in [-0.1, -0.05) is 12.1 Å². The van der Waals surface area contributed by atoms with E-state index in [0.29, 0.717) is 23.8 Å². The van der Waals surface area contributed by atoms with Gasteiger partial charge in [-0.3, -0.25) is 15.0 Å².